The van der Waals surface area contributed by atoms with Crippen LogP contribution in [0, 0.1) is 5.92 Å². The summed E-state index contributed by atoms with van der Waals surface area (Å²) in [4.78, 5) is 24.0. The maximum absolute atomic E-state index is 12.3. The Labute approximate surface area is 139 Å². The zero-order valence-electron chi connectivity index (χ0n) is 13.6. The van der Waals surface area contributed by atoms with Crippen molar-refractivity contribution in [2.24, 2.45) is 5.92 Å². The fourth-order valence-corrected chi connectivity index (χ4v) is 2.37. The lowest BCUT2D eigenvalue weighted by molar-refractivity contribution is 0.0943. The fraction of sp³-hybridized carbons (Fsp3) is 0.353. The molecule has 0 fully saturated rings. The van der Waals surface area contributed by atoms with Gasteiger partial charge in [0.15, 0.2) is 11.5 Å². The molecule has 0 aliphatic carbocycles. The first-order chi connectivity index (χ1) is 11.5. The Balaban J connectivity index is 1.68. The Morgan fingerprint density at radius 1 is 1.25 bits per heavy atom. The second kappa shape index (κ2) is 6.74. The van der Waals surface area contributed by atoms with E-state index in [1.54, 1.807) is 0 Å². The van der Waals surface area contributed by atoms with Crippen molar-refractivity contribution >= 4 is 5.91 Å². The highest BCUT2D eigenvalue weighted by Crippen LogP contribution is 2.32. The van der Waals surface area contributed by atoms with E-state index in [0.717, 1.165) is 5.56 Å². The van der Waals surface area contributed by atoms with Crippen LogP contribution in [-0.2, 0) is 13.1 Å². The van der Waals surface area contributed by atoms with Crippen molar-refractivity contribution in [2.45, 2.75) is 26.9 Å². The van der Waals surface area contributed by atoms with E-state index >= 15 is 0 Å². The zero-order chi connectivity index (χ0) is 17.1. The van der Waals surface area contributed by atoms with E-state index in [1.807, 2.05) is 32.0 Å². The molecule has 1 aliphatic rings. The number of amides is 1. The molecule has 0 atom stereocenters. The molecule has 0 spiro atoms. The topological polar surface area (TPSA) is 82.5 Å². The molecule has 0 saturated carbocycles. The van der Waals surface area contributed by atoms with Crippen LogP contribution in [0.25, 0.3) is 0 Å². The van der Waals surface area contributed by atoms with Gasteiger partial charge >= 0.3 is 0 Å². The smallest absolute Gasteiger partial charge is 0.271 e. The van der Waals surface area contributed by atoms with E-state index in [1.165, 1.54) is 16.8 Å². The molecule has 1 amide bonds. The molecular weight excluding hydrogens is 310 g/mol. The van der Waals surface area contributed by atoms with Crippen LogP contribution in [0.15, 0.2) is 35.1 Å². The predicted molar refractivity (Wildman–Crippen MR) is 87.1 cm³/mol. The number of benzene rings is 1. The number of carbonyl (C=O) groups excluding carboxylic acids is 1. The van der Waals surface area contributed by atoms with Crippen molar-refractivity contribution in [2.75, 3.05) is 6.79 Å². The number of carbonyl (C=O) groups is 1. The second-order valence-corrected chi connectivity index (χ2v) is 6.00. The molecule has 0 saturated heterocycles. The molecule has 1 aromatic heterocycles. The van der Waals surface area contributed by atoms with Gasteiger partial charge in [0, 0.05) is 19.2 Å². The second-order valence-electron chi connectivity index (χ2n) is 6.00. The van der Waals surface area contributed by atoms with E-state index in [9.17, 15) is 9.59 Å². The van der Waals surface area contributed by atoms with Gasteiger partial charge in [-0.25, -0.2) is 4.68 Å². The molecular formula is C17H19N3O4. The largest absolute Gasteiger partial charge is 0.454 e. The number of aromatic nitrogens is 2. The monoisotopic (exact) mass is 329 g/mol. The van der Waals surface area contributed by atoms with Gasteiger partial charge in [0.25, 0.3) is 11.5 Å². The standard InChI is InChI=1S/C17H19N3O4/c1-11(2)9-20-16(21)6-4-13(19-20)17(22)18-8-12-3-5-14-15(7-12)24-10-23-14/h3-7,11H,8-10H2,1-2H3,(H,18,22). The third-order valence-electron chi connectivity index (χ3n) is 3.53. The number of hydrogen-bond acceptors (Lipinski definition) is 5. The van der Waals surface area contributed by atoms with Crippen LogP contribution in [0.4, 0.5) is 0 Å². The van der Waals surface area contributed by atoms with Crippen molar-refractivity contribution < 1.29 is 14.3 Å². The van der Waals surface area contributed by atoms with Gasteiger partial charge in [-0.05, 0) is 29.7 Å². The normalized spacial score (nSPS) is 12.5. The maximum atomic E-state index is 12.3. The van der Waals surface area contributed by atoms with Crippen LogP contribution in [0.2, 0.25) is 0 Å². The highest BCUT2D eigenvalue weighted by Gasteiger charge is 2.14. The minimum Gasteiger partial charge on any atom is -0.454 e. The average Bonchev–Trinajstić information content (AvgIpc) is 3.02. The van der Waals surface area contributed by atoms with Gasteiger partial charge < -0.3 is 14.8 Å². The van der Waals surface area contributed by atoms with Crippen molar-refractivity contribution in [3.63, 3.8) is 0 Å². The minimum atomic E-state index is -0.329. The molecule has 7 heteroatoms. The van der Waals surface area contributed by atoms with Gasteiger partial charge in [0.1, 0.15) is 5.69 Å². The third kappa shape index (κ3) is 3.56. The van der Waals surface area contributed by atoms with Gasteiger partial charge in [-0.2, -0.15) is 5.10 Å². The Morgan fingerprint density at radius 3 is 2.83 bits per heavy atom. The van der Waals surface area contributed by atoms with E-state index in [0.29, 0.717) is 24.6 Å². The number of nitrogens with one attached hydrogen (secondary N) is 1. The average molecular weight is 329 g/mol. The van der Waals surface area contributed by atoms with E-state index in [2.05, 4.69) is 10.4 Å². The summed E-state index contributed by atoms with van der Waals surface area (Å²) in [6.45, 7) is 5.00. The maximum Gasteiger partial charge on any atom is 0.271 e. The van der Waals surface area contributed by atoms with E-state index < -0.39 is 0 Å². The number of rotatable bonds is 5. The summed E-state index contributed by atoms with van der Waals surface area (Å²) < 4.78 is 11.9. The first-order valence-corrected chi connectivity index (χ1v) is 7.78. The van der Waals surface area contributed by atoms with Gasteiger partial charge in [0.05, 0.1) is 0 Å². The number of hydrogen-bond donors (Lipinski definition) is 1. The SMILES string of the molecule is CC(C)Cn1nc(C(=O)NCc2ccc3c(c2)OCO3)ccc1=O. The molecule has 126 valence electrons. The molecule has 7 nitrogen and oxygen atoms in total. The fourth-order valence-electron chi connectivity index (χ4n) is 2.37. The minimum absolute atomic E-state index is 0.212. The molecule has 2 heterocycles. The summed E-state index contributed by atoms with van der Waals surface area (Å²) in [5, 5.41) is 6.92. The van der Waals surface area contributed by atoms with Crippen LogP contribution in [0.3, 0.4) is 0 Å². The van der Waals surface area contributed by atoms with Crippen LogP contribution < -0.4 is 20.3 Å². The Hall–Kier alpha value is -2.83. The molecule has 0 radical (unpaired) electrons. The Morgan fingerprint density at radius 2 is 2.04 bits per heavy atom. The van der Waals surface area contributed by atoms with Crippen LogP contribution in [0.5, 0.6) is 11.5 Å². The summed E-state index contributed by atoms with van der Waals surface area (Å²) in [7, 11) is 0. The van der Waals surface area contributed by atoms with Crippen LogP contribution >= 0.6 is 0 Å². The molecule has 0 unspecified atom stereocenters. The first-order valence-electron chi connectivity index (χ1n) is 7.78. The first kappa shape index (κ1) is 16.0. The van der Waals surface area contributed by atoms with Crippen molar-refractivity contribution in [3.05, 3.63) is 51.9 Å². The summed E-state index contributed by atoms with van der Waals surface area (Å²) in [6.07, 6.45) is 0. The molecule has 3 rings (SSSR count). The highest BCUT2D eigenvalue weighted by atomic mass is 16.7. The van der Waals surface area contributed by atoms with Gasteiger partial charge in [-0.3, -0.25) is 9.59 Å². The third-order valence-corrected chi connectivity index (χ3v) is 3.53. The lowest BCUT2D eigenvalue weighted by Crippen LogP contribution is -2.30. The van der Waals surface area contributed by atoms with Gasteiger partial charge in [0.2, 0.25) is 6.79 Å². The van der Waals surface area contributed by atoms with Crippen LogP contribution in [-0.4, -0.2) is 22.5 Å². The van der Waals surface area contributed by atoms with Gasteiger partial charge in [-0.15, -0.1) is 0 Å². The number of nitrogens with zero attached hydrogens (tertiary/aromatic N) is 2. The lowest BCUT2D eigenvalue weighted by atomic mass is 10.2. The molecule has 24 heavy (non-hydrogen) atoms. The summed E-state index contributed by atoms with van der Waals surface area (Å²) >= 11 is 0. The Bertz CT molecular complexity index is 814. The summed E-state index contributed by atoms with van der Waals surface area (Å²) in [5.74, 6) is 1.31. The van der Waals surface area contributed by atoms with Crippen molar-refractivity contribution in [1.29, 1.82) is 0 Å². The van der Waals surface area contributed by atoms with E-state index in [4.69, 9.17) is 9.47 Å². The lowest BCUT2D eigenvalue weighted by Gasteiger charge is -2.09. The van der Waals surface area contributed by atoms with Gasteiger partial charge in [-0.1, -0.05) is 19.9 Å². The van der Waals surface area contributed by atoms with Crippen LogP contribution in [0.1, 0.15) is 29.9 Å². The highest BCUT2D eigenvalue weighted by molar-refractivity contribution is 5.91. The van der Waals surface area contributed by atoms with Crippen molar-refractivity contribution in [3.8, 4) is 11.5 Å². The van der Waals surface area contributed by atoms with Crippen molar-refractivity contribution in [1.82, 2.24) is 15.1 Å². The molecule has 1 aliphatic heterocycles. The summed E-state index contributed by atoms with van der Waals surface area (Å²) in [5.41, 5.74) is 0.898. The number of ether oxygens (including phenoxy) is 2. The quantitative estimate of drug-likeness (QED) is 0.900. The predicted octanol–water partition coefficient (Wildman–Crippen LogP) is 1.56. The summed E-state index contributed by atoms with van der Waals surface area (Å²) in [6, 6.07) is 8.31. The van der Waals surface area contributed by atoms with E-state index in [-0.39, 0.29) is 29.9 Å². The molecule has 1 aromatic carbocycles. The number of fused-ring (bicyclic) bond motifs is 1. The zero-order valence-corrected chi connectivity index (χ0v) is 13.6. The molecule has 2 aromatic rings. The molecule has 1 N–H and O–H groups in total. The Kier molecular flexibility index (Phi) is 4.50. The molecule has 0 bridgehead atoms.